The highest BCUT2D eigenvalue weighted by Gasteiger charge is 1.94. The van der Waals surface area contributed by atoms with Gasteiger partial charge in [-0.1, -0.05) is 24.3 Å². The molecule has 3 heteroatoms. The fraction of sp³-hybridized carbons (Fsp3) is 0.182. The zero-order chi connectivity index (χ0) is 10.4. The van der Waals surface area contributed by atoms with Crippen LogP contribution in [0.15, 0.2) is 30.3 Å². The third-order valence-electron chi connectivity index (χ3n) is 1.69. The van der Waals surface area contributed by atoms with Crippen LogP contribution in [0.3, 0.4) is 0 Å². The number of rotatable bonds is 3. The first kappa shape index (κ1) is 10.3. The van der Waals surface area contributed by atoms with Gasteiger partial charge in [0.2, 0.25) is 0 Å². The highest BCUT2D eigenvalue weighted by Crippen LogP contribution is 2.12. The number of carbonyl (C=O) groups excluding carboxylic acids is 1. The van der Waals surface area contributed by atoms with Crippen LogP contribution in [0.2, 0.25) is 0 Å². The molecule has 0 amide bonds. The Morgan fingerprint density at radius 3 is 3.00 bits per heavy atom. The Hall–Kier alpha value is -1.77. The lowest BCUT2D eigenvalue weighted by molar-refractivity contribution is -0.139. The Bertz CT molecular complexity index is 342. The van der Waals surface area contributed by atoms with Gasteiger partial charge in [0.25, 0.3) is 0 Å². The summed E-state index contributed by atoms with van der Waals surface area (Å²) >= 11 is 0. The van der Waals surface area contributed by atoms with Gasteiger partial charge in [0, 0.05) is 0 Å². The fourth-order valence-electron chi connectivity index (χ4n) is 1.00. The molecule has 0 bridgehead atoms. The van der Waals surface area contributed by atoms with E-state index in [0.717, 1.165) is 5.56 Å². The van der Waals surface area contributed by atoms with Crippen LogP contribution in [-0.4, -0.2) is 18.2 Å². The summed E-state index contributed by atoms with van der Waals surface area (Å²) in [5.74, 6) is -0.0633. The predicted molar refractivity (Wildman–Crippen MR) is 53.8 cm³/mol. The Morgan fingerprint density at radius 2 is 2.36 bits per heavy atom. The summed E-state index contributed by atoms with van der Waals surface area (Å²) in [5, 5.41) is 9.14. The van der Waals surface area contributed by atoms with Crippen LogP contribution < -0.4 is 0 Å². The quantitative estimate of drug-likeness (QED) is 0.745. The topological polar surface area (TPSA) is 46.5 Å². The summed E-state index contributed by atoms with van der Waals surface area (Å²) in [6.07, 6.45) is 3.70. The summed E-state index contributed by atoms with van der Waals surface area (Å²) in [6.45, 7) is 0. The third-order valence-corrected chi connectivity index (χ3v) is 1.69. The van der Waals surface area contributed by atoms with E-state index in [4.69, 9.17) is 5.11 Å². The monoisotopic (exact) mass is 192 g/mol. The van der Waals surface area contributed by atoms with E-state index in [2.05, 4.69) is 4.74 Å². The Balaban J connectivity index is 2.56. The number of hydrogen-bond donors (Lipinski definition) is 1. The number of benzene rings is 1. The number of phenols is 1. The average molecular weight is 192 g/mol. The van der Waals surface area contributed by atoms with Gasteiger partial charge in [0.15, 0.2) is 0 Å². The number of aromatic hydroxyl groups is 1. The van der Waals surface area contributed by atoms with Crippen molar-refractivity contribution in [2.75, 3.05) is 7.11 Å². The first-order valence-electron chi connectivity index (χ1n) is 4.25. The van der Waals surface area contributed by atoms with Gasteiger partial charge >= 0.3 is 5.97 Å². The highest BCUT2D eigenvalue weighted by atomic mass is 16.5. The summed E-state index contributed by atoms with van der Waals surface area (Å²) in [6, 6.07) is 6.80. The lowest BCUT2D eigenvalue weighted by atomic mass is 10.2. The lowest BCUT2D eigenvalue weighted by Gasteiger charge is -1.95. The molecule has 3 nitrogen and oxygen atoms in total. The third kappa shape index (κ3) is 3.31. The molecule has 1 aromatic carbocycles. The van der Waals surface area contributed by atoms with Crippen LogP contribution in [0.4, 0.5) is 0 Å². The number of ether oxygens (including phenoxy) is 1. The van der Waals surface area contributed by atoms with Gasteiger partial charge in [-0.2, -0.15) is 0 Å². The van der Waals surface area contributed by atoms with Gasteiger partial charge in [-0.05, 0) is 17.7 Å². The molecule has 14 heavy (non-hydrogen) atoms. The molecule has 1 aromatic rings. The Kier molecular flexibility index (Phi) is 3.73. The zero-order valence-corrected chi connectivity index (χ0v) is 7.93. The number of esters is 1. The van der Waals surface area contributed by atoms with Gasteiger partial charge < -0.3 is 9.84 Å². The number of phenolic OH excluding ortho intramolecular Hbond substituents is 1. The first-order valence-corrected chi connectivity index (χ1v) is 4.25. The molecule has 0 radical (unpaired) electrons. The molecule has 0 aliphatic rings. The molecule has 1 N–H and O–H groups in total. The van der Waals surface area contributed by atoms with Crippen LogP contribution in [0, 0.1) is 0 Å². The van der Waals surface area contributed by atoms with Crippen LogP contribution in [0.5, 0.6) is 5.75 Å². The summed E-state index contributed by atoms with van der Waals surface area (Å²) in [7, 11) is 1.35. The van der Waals surface area contributed by atoms with Gasteiger partial charge in [-0.15, -0.1) is 0 Å². The summed E-state index contributed by atoms with van der Waals surface area (Å²) < 4.78 is 4.47. The van der Waals surface area contributed by atoms with Crippen molar-refractivity contribution in [3.05, 3.63) is 35.9 Å². The molecule has 0 unspecified atom stereocenters. The van der Waals surface area contributed by atoms with E-state index in [9.17, 15) is 4.79 Å². The van der Waals surface area contributed by atoms with Gasteiger partial charge in [0.05, 0.1) is 13.5 Å². The smallest absolute Gasteiger partial charge is 0.309 e. The van der Waals surface area contributed by atoms with Crippen molar-refractivity contribution in [3.63, 3.8) is 0 Å². The van der Waals surface area contributed by atoms with Gasteiger partial charge in [-0.3, -0.25) is 4.79 Å². The van der Waals surface area contributed by atoms with Crippen molar-refractivity contribution < 1.29 is 14.6 Å². The average Bonchev–Trinajstić information content (AvgIpc) is 2.17. The number of carbonyl (C=O) groups is 1. The van der Waals surface area contributed by atoms with Crippen molar-refractivity contribution in [2.45, 2.75) is 6.42 Å². The minimum absolute atomic E-state index is 0.213. The molecule has 0 aromatic heterocycles. The molecule has 0 heterocycles. The maximum Gasteiger partial charge on any atom is 0.309 e. The van der Waals surface area contributed by atoms with E-state index in [1.54, 1.807) is 30.4 Å². The van der Waals surface area contributed by atoms with Gasteiger partial charge in [0.1, 0.15) is 5.75 Å². The standard InChI is InChI=1S/C11H12O3/c1-14-11(13)7-3-5-9-4-2-6-10(12)8-9/h2-6,8,12H,7H2,1H3. The zero-order valence-electron chi connectivity index (χ0n) is 7.93. The summed E-state index contributed by atoms with van der Waals surface area (Å²) in [4.78, 5) is 10.7. The van der Waals surface area contributed by atoms with E-state index < -0.39 is 0 Å². The maximum absolute atomic E-state index is 10.7. The first-order chi connectivity index (χ1) is 6.72. The van der Waals surface area contributed by atoms with E-state index in [-0.39, 0.29) is 18.1 Å². The van der Waals surface area contributed by atoms with Crippen molar-refractivity contribution in [1.82, 2.24) is 0 Å². The van der Waals surface area contributed by atoms with Crippen molar-refractivity contribution >= 4 is 12.0 Å². The predicted octanol–water partition coefficient (Wildman–Crippen LogP) is 1.97. The van der Waals surface area contributed by atoms with Crippen LogP contribution in [0.25, 0.3) is 6.08 Å². The second-order valence-corrected chi connectivity index (χ2v) is 2.78. The molecule has 0 fully saturated rings. The molecule has 0 aliphatic heterocycles. The maximum atomic E-state index is 10.7. The molecule has 0 spiro atoms. The molecule has 0 aliphatic carbocycles. The second kappa shape index (κ2) is 5.07. The van der Waals surface area contributed by atoms with E-state index in [0.29, 0.717) is 0 Å². The SMILES string of the molecule is COC(=O)CC=Cc1cccc(O)c1. The van der Waals surface area contributed by atoms with Crippen molar-refractivity contribution in [2.24, 2.45) is 0 Å². The van der Waals surface area contributed by atoms with Crippen LogP contribution >= 0.6 is 0 Å². The summed E-state index contributed by atoms with van der Waals surface area (Å²) in [5.41, 5.74) is 0.855. The minimum Gasteiger partial charge on any atom is -0.508 e. The molecule has 0 atom stereocenters. The van der Waals surface area contributed by atoms with E-state index in [1.807, 2.05) is 6.07 Å². The normalized spacial score (nSPS) is 10.4. The fourth-order valence-corrected chi connectivity index (χ4v) is 1.00. The largest absolute Gasteiger partial charge is 0.508 e. The molecule has 0 saturated carbocycles. The molecule has 1 rings (SSSR count). The minimum atomic E-state index is -0.276. The second-order valence-electron chi connectivity index (χ2n) is 2.78. The number of hydrogen-bond acceptors (Lipinski definition) is 3. The van der Waals surface area contributed by atoms with E-state index >= 15 is 0 Å². The Labute approximate surface area is 82.6 Å². The number of methoxy groups -OCH3 is 1. The molecule has 74 valence electrons. The molecule has 0 saturated heterocycles. The molecular weight excluding hydrogens is 180 g/mol. The van der Waals surface area contributed by atoms with Crippen LogP contribution in [0.1, 0.15) is 12.0 Å². The van der Waals surface area contributed by atoms with Crippen molar-refractivity contribution in [3.8, 4) is 5.75 Å². The van der Waals surface area contributed by atoms with Gasteiger partial charge in [-0.25, -0.2) is 0 Å². The Morgan fingerprint density at radius 1 is 1.57 bits per heavy atom. The van der Waals surface area contributed by atoms with E-state index in [1.165, 1.54) is 7.11 Å². The van der Waals surface area contributed by atoms with Crippen LogP contribution in [-0.2, 0) is 9.53 Å². The highest BCUT2D eigenvalue weighted by molar-refractivity contribution is 5.72. The molecular formula is C11H12O3. The lowest BCUT2D eigenvalue weighted by Crippen LogP contribution is -1.96. The van der Waals surface area contributed by atoms with Crippen molar-refractivity contribution in [1.29, 1.82) is 0 Å².